The molecule has 208 valence electrons. The number of amides is 1. The minimum absolute atomic E-state index is 0.133. The molecule has 1 atom stereocenters. The summed E-state index contributed by atoms with van der Waals surface area (Å²) in [6.45, 7) is 10.9. The average Bonchev–Trinajstić information content (AvgIpc) is 3.18. The van der Waals surface area contributed by atoms with E-state index in [1.807, 2.05) is 13.8 Å². The number of carbonyl (C=O) groups excluding carboxylic acids is 1. The number of hydrogen-bond donors (Lipinski definition) is 2. The van der Waals surface area contributed by atoms with Crippen LogP contribution >= 0.6 is 0 Å². The lowest BCUT2D eigenvalue weighted by molar-refractivity contribution is -0.139. The zero-order chi connectivity index (χ0) is 28.3. The summed E-state index contributed by atoms with van der Waals surface area (Å²) >= 11 is 0. The van der Waals surface area contributed by atoms with Crippen LogP contribution in [0.5, 0.6) is 5.75 Å². The third-order valence-corrected chi connectivity index (χ3v) is 5.52. The number of alkyl carbamates (subject to hydrolysis) is 1. The van der Waals surface area contributed by atoms with E-state index < -0.39 is 29.0 Å². The Morgan fingerprint density at radius 1 is 1.13 bits per heavy atom. The maximum Gasteiger partial charge on any atom is 0.419 e. The first kappa shape index (κ1) is 29.2. The molecule has 0 aliphatic rings. The normalized spacial score (nSPS) is 14.0. The van der Waals surface area contributed by atoms with E-state index in [1.165, 1.54) is 19.4 Å². The van der Waals surface area contributed by atoms with Gasteiger partial charge in [0.15, 0.2) is 5.65 Å². The Kier molecular flexibility index (Phi) is 8.60. The number of ether oxygens (including phenoxy) is 3. The number of nitrogens with one attached hydrogen (secondary N) is 2. The third-order valence-electron chi connectivity index (χ3n) is 5.52. The smallest absolute Gasteiger partial charge is 0.419 e. The van der Waals surface area contributed by atoms with Crippen molar-refractivity contribution >= 4 is 17.3 Å². The van der Waals surface area contributed by atoms with E-state index in [2.05, 4.69) is 20.3 Å². The van der Waals surface area contributed by atoms with Gasteiger partial charge >= 0.3 is 12.3 Å². The Balaban J connectivity index is 1.93. The van der Waals surface area contributed by atoms with Gasteiger partial charge in [-0.2, -0.15) is 13.2 Å². The van der Waals surface area contributed by atoms with Gasteiger partial charge in [0.25, 0.3) is 0 Å². The van der Waals surface area contributed by atoms with Crippen LogP contribution < -0.4 is 10.1 Å². The topological polar surface area (TPSA) is 98.4 Å². The molecule has 1 unspecified atom stereocenters. The first-order valence-corrected chi connectivity index (χ1v) is 12.3. The van der Waals surface area contributed by atoms with Crippen molar-refractivity contribution in [3.8, 4) is 16.9 Å². The number of imidazole rings is 1. The summed E-state index contributed by atoms with van der Waals surface area (Å²) in [7, 11) is 1.52. The van der Waals surface area contributed by atoms with Crippen LogP contribution in [0.25, 0.3) is 22.3 Å². The second-order valence-electron chi connectivity index (χ2n) is 11.0. The van der Waals surface area contributed by atoms with E-state index in [0.29, 0.717) is 34.5 Å². The fourth-order valence-electron chi connectivity index (χ4n) is 4.28. The van der Waals surface area contributed by atoms with Crippen LogP contribution in [0.15, 0.2) is 30.5 Å². The number of rotatable bonds is 9. The maximum atomic E-state index is 14.2. The summed E-state index contributed by atoms with van der Waals surface area (Å²) in [5.41, 5.74) is -0.946. The number of fused-ring (bicyclic) bond motifs is 1. The summed E-state index contributed by atoms with van der Waals surface area (Å²) in [6.07, 6.45) is -3.38. The average molecular weight is 537 g/mol. The lowest BCUT2D eigenvalue weighted by Crippen LogP contribution is -2.52. The molecule has 2 heterocycles. The number of carbonyl (C=O) groups is 1. The van der Waals surface area contributed by atoms with Crippen LogP contribution in [0, 0.1) is 5.92 Å². The van der Waals surface area contributed by atoms with Crippen molar-refractivity contribution in [1.29, 1.82) is 0 Å². The molecule has 2 N–H and O–H groups in total. The molecule has 0 radical (unpaired) electrons. The van der Waals surface area contributed by atoms with Crippen molar-refractivity contribution in [3.05, 3.63) is 41.9 Å². The van der Waals surface area contributed by atoms with Gasteiger partial charge < -0.3 is 24.5 Å². The van der Waals surface area contributed by atoms with Crippen molar-refractivity contribution in [1.82, 2.24) is 20.3 Å². The van der Waals surface area contributed by atoms with Gasteiger partial charge in [-0.15, -0.1) is 0 Å². The van der Waals surface area contributed by atoms with Gasteiger partial charge in [0.2, 0.25) is 0 Å². The summed E-state index contributed by atoms with van der Waals surface area (Å²) < 4.78 is 58.7. The van der Waals surface area contributed by atoms with E-state index in [-0.39, 0.29) is 24.9 Å². The fraction of sp³-hybridized carbons (Fsp3) is 0.519. The maximum absolute atomic E-state index is 14.2. The molecule has 2 aromatic heterocycles. The van der Waals surface area contributed by atoms with Gasteiger partial charge in [-0.05, 0) is 63.8 Å². The lowest BCUT2D eigenvalue weighted by atomic mass is 9.91. The zero-order valence-electron chi connectivity index (χ0n) is 22.7. The standard InChI is InChI=1S/C27H35F3N4O4/c1-16(2)13-26(6,34-24(35)38-25(3,4)5)15-37-20-9-8-17(12-19(20)27(28,29)30)18-10-11-31-23-22(18)32-21(33-23)14-36-7/h8-12,16H,13-15H2,1-7H3,(H,34,35)(H,31,32,33). The van der Waals surface area contributed by atoms with E-state index in [9.17, 15) is 18.0 Å². The van der Waals surface area contributed by atoms with E-state index >= 15 is 0 Å². The Morgan fingerprint density at radius 2 is 1.84 bits per heavy atom. The van der Waals surface area contributed by atoms with Gasteiger partial charge in [0.05, 0.1) is 11.1 Å². The van der Waals surface area contributed by atoms with Crippen molar-refractivity contribution in [3.63, 3.8) is 0 Å². The summed E-state index contributed by atoms with van der Waals surface area (Å²) in [6, 6.07) is 5.48. The lowest BCUT2D eigenvalue weighted by Gasteiger charge is -2.33. The van der Waals surface area contributed by atoms with Crippen LogP contribution in [0.4, 0.5) is 18.0 Å². The van der Waals surface area contributed by atoms with Crippen molar-refractivity contribution in [2.75, 3.05) is 13.7 Å². The minimum atomic E-state index is -4.68. The predicted molar refractivity (Wildman–Crippen MR) is 138 cm³/mol. The number of aromatic nitrogens is 3. The third kappa shape index (κ3) is 7.59. The van der Waals surface area contributed by atoms with E-state index in [1.54, 1.807) is 39.8 Å². The summed E-state index contributed by atoms with van der Waals surface area (Å²) in [5, 5.41) is 2.78. The molecule has 0 saturated heterocycles. The summed E-state index contributed by atoms with van der Waals surface area (Å²) in [5.74, 6) is 0.309. The van der Waals surface area contributed by atoms with Gasteiger partial charge in [-0.1, -0.05) is 19.9 Å². The highest BCUT2D eigenvalue weighted by molar-refractivity contribution is 5.90. The molecule has 0 bridgehead atoms. The number of H-pyrrole nitrogens is 1. The van der Waals surface area contributed by atoms with Crippen molar-refractivity contribution in [2.24, 2.45) is 5.92 Å². The molecular weight excluding hydrogens is 501 g/mol. The van der Waals surface area contributed by atoms with Gasteiger partial charge in [0.1, 0.15) is 35.9 Å². The highest BCUT2D eigenvalue weighted by Crippen LogP contribution is 2.40. The van der Waals surface area contributed by atoms with Crippen LogP contribution in [0.3, 0.4) is 0 Å². The second-order valence-corrected chi connectivity index (χ2v) is 11.0. The molecule has 0 fully saturated rings. The number of alkyl halides is 3. The molecule has 3 aromatic rings. The molecule has 0 aliphatic carbocycles. The number of aromatic amines is 1. The molecular formula is C27H35F3N4O4. The molecule has 1 amide bonds. The van der Waals surface area contributed by atoms with E-state index in [4.69, 9.17) is 14.2 Å². The SMILES string of the molecule is COCc1nc2c(-c3ccc(OCC(C)(CC(C)C)NC(=O)OC(C)(C)C)c(C(F)(F)F)c3)ccnc2[nH]1. The summed E-state index contributed by atoms with van der Waals surface area (Å²) in [4.78, 5) is 24.1. The number of benzene rings is 1. The van der Waals surface area contributed by atoms with Crippen LogP contribution in [0.1, 0.15) is 59.4 Å². The zero-order valence-corrected chi connectivity index (χ0v) is 22.7. The minimum Gasteiger partial charge on any atom is -0.491 e. The molecule has 11 heteroatoms. The molecule has 1 aromatic carbocycles. The monoisotopic (exact) mass is 536 g/mol. The second kappa shape index (κ2) is 11.2. The highest BCUT2D eigenvalue weighted by atomic mass is 19.4. The Labute approximate surface area is 220 Å². The number of nitrogens with zero attached hydrogens (tertiary/aromatic N) is 2. The fourth-order valence-corrected chi connectivity index (χ4v) is 4.28. The quantitative estimate of drug-likeness (QED) is 0.324. The van der Waals surface area contributed by atoms with E-state index in [0.717, 1.165) is 6.07 Å². The van der Waals surface area contributed by atoms with Gasteiger partial charge in [0, 0.05) is 18.9 Å². The van der Waals surface area contributed by atoms with Gasteiger partial charge in [-0.3, -0.25) is 0 Å². The molecule has 0 saturated carbocycles. The first-order chi connectivity index (χ1) is 17.6. The van der Waals surface area contributed by atoms with Crippen molar-refractivity contribution in [2.45, 2.75) is 71.9 Å². The van der Waals surface area contributed by atoms with Crippen molar-refractivity contribution < 1.29 is 32.2 Å². The molecule has 8 nitrogen and oxygen atoms in total. The Morgan fingerprint density at radius 3 is 2.45 bits per heavy atom. The Bertz CT molecular complexity index is 1270. The molecule has 0 spiro atoms. The first-order valence-electron chi connectivity index (χ1n) is 12.3. The van der Waals surface area contributed by atoms with Gasteiger partial charge in [-0.25, -0.2) is 14.8 Å². The number of methoxy groups -OCH3 is 1. The molecule has 38 heavy (non-hydrogen) atoms. The number of hydrogen-bond acceptors (Lipinski definition) is 6. The van der Waals surface area contributed by atoms with Crippen LogP contribution in [-0.2, 0) is 22.3 Å². The van der Waals surface area contributed by atoms with Crippen LogP contribution in [0.2, 0.25) is 0 Å². The highest BCUT2D eigenvalue weighted by Gasteiger charge is 2.37. The number of halogens is 3. The molecule has 0 aliphatic heterocycles. The molecule has 3 rings (SSSR count). The predicted octanol–water partition coefficient (Wildman–Crippen LogP) is 6.50. The van der Waals surface area contributed by atoms with Crippen LogP contribution in [-0.4, -0.2) is 45.9 Å². The number of pyridine rings is 1. The largest absolute Gasteiger partial charge is 0.491 e. The Hall–Kier alpha value is -3.34.